The van der Waals surface area contributed by atoms with Crippen molar-refractivity contribution in [3.05, 3.63) is 17.9 Å². The highest BCUT2D eigenvalue weighted by Gasteiger charge is 2.09. The van der Waals surface area contributed by atoms with Crippen LogP contribution in [0.2, 0.25) is 39.3 Å². The van der Waals surface area contributed by atoms with Gasteiger partial charge in [0.15, 0.2) is 0 Å². The lowest BCUT2D eigenvalue weighted by molar-refractivity contribution is 0.580. The predicted molar refractivity (Wildman–Crippen MR) is 154 cm³/mol. The molecule has 0 fully saturated rings. The molecule has 0 radical (unpaired) electrons. The predicted octanol–water partition coefficient (Wildman–Crippen LogP) is 10.3. The van der Waals surface area contributed by atoms with Crippen LogP contribution in [0.3, 0.4) is 0 Å². The summed E-state index contributed by atoms with van der Waals surface area (Å²) in [5, 5.41) is 0. The molecular weight excluding hydrogens is 652 g/mol. The number of hydrogen-bond donors (Lipinski definition) is 0. The molecule has 0 bridgehead atoms. The van der Waals surface area contributed by atoms with E-state index in [0.29, 0.717) is 0 Å². The zero-order chi connectivity index (χ0) is 22.5. The van der Waals surface area contributed by atoms with Crippen molar-refractivity contribution >= 4 is 79.9 Å². The fraction of sp³-hybridized carbons (Fsp3) is 0.652. The van der Waals surface area contributed by atoms with Gasteiger partial charge in [-0.25, -0.2) is 0 Å². The van der Waals surface area contributed by atoms with Gasteiger partial charge in [-0.3, -0.25) is 0 Å². The lowest BCUT2D eigenvalue weighted by atomic mass is 10.0. The van der Waals surface area contributed by atoms with E-state index >= 15 is 0 Å². The Balaban J connectivity index is 4.08. The maximum absolute atomic E-state index is 3.55. The van der Waals surface area contributed by atoms with E-state index in [1.807, 2.05) is 0 Å². The summed E-state index contributed by atoms with van der Waals surface area (Å²) in [5.41, 5.74) is 9.36. The lowest BCUT2D eigenvalue weighted by Gasteiger charge is -2.07. The number of hydrogen-bond acceptors (Lipinski definition) is 0. The van der Waals surface area contributed by atoms with Gasteiger partial charge in [0.1, 0.15) is 16.1 Å². The molecule has 0 amide bonds. The monoisotopic (exact) mass is 684 g/mol. The van der Waals surface area contributed by atoms with Gasteiger partial charge < -0.3 is 0 Å². The van der Waals surface area contributed by atoms with Gasteiger partial charge in [-0.2, -0.15) is 0 Å². The van der Waals surface area contributed by atoms with E-state index in [0.717, 1.165) is 19.6 Å². The van der Waals surface area contributed by atoms with Crippen molar-refractivity contribution in [3.63, 3.8) is 0 Å². The van der Waals surface area contributed by atoms with Crippen LogP contribution in [0.25, 0.3) is 0 Å². The highest BCUT2D eigenvalue weighted by atomic mass is 79.9. The summed E-state index contributed by atoms with van der Waals surface area (Å²) in [6, 6.07) is 0. The van der Waals surface area contributed by atoms with E-state index < -0.39 is 16.1 Å². The Kier molecular flexibility index (Phi) is 16.2. The van der Waals surface area contributed by atoms with E-state index in [-0.39, 0.29) is 0 Å². The minimum atomic E-state index is -1.32. The average Bonchev–Trinajstić information content (AvgIpc) is 2.55. The third-order valence-electron chi connectivity index (χ3n) is 3.99. The number of unbranched alkanes of at least 4 members (excludes halogenated alkanes) is 6. The second kappa shape index (κ2) is 15.7. The molecule has 29 heavy (non-hydrogen) atoms. The van der Waals surface area contributed by atoms with Gasteiger partial charge in [0.2, 0.25) is 0 Å². The van der Waals surface area contributed by atoms with Crippen molar-refractivity contribution in [3.8, 4) is 22.9 Å². The Morgan fingerprint density at radius 1 is 0.517 bits per heavy atom. The highest BCUT2D eigenvalue weighted by molar-refractivity contribution is 9.28. The van der Waals surface area contributed by atoms with Crippen LogP contribution in [0.15, 0.2) is 17.9 Å². The molecule has 0 aliphatic carbocycles. The molecule has 0 saturated carbocycles. The number of allylic oxidation sites excluding steroid dienone is 2. The molecule has 0 aliphatic heterocycles. The summed E-state index contributed by atoms with van der Waals surface area (Å²) in [7, 11) is -2.64. The average molecular weight is 688 g/mol. The molecule has 0 aromatic rings. The van der Waals surface area contributed by atoms with Crippen LogP contribution in [-0.2, 0) is 0 Å². The van der Waals surface area contributed by atoms with Crippen LogP contribution in [0.1, 0.15) is 57.8 Å². The van der Waals surface area contributed by atoms with Crippen LogP contribution in [-0.4, -0.2) is 16.1 Å². The third kappa shape index (κ3) is 19.4. The van der Waals surface area contributed by atoms with E-state index in [1.165, 1.54) is 56.1 Å². The topological polar surface area (TPSA) is 0 Å². The number of halogens is 4. The fourth-order valence-corrected chi connectivity index (χ4v) is 4.66. The van der Waals surface area contributed by atoms with Gasteiger partial charge in [-0.05, 0) is 89.4 Å². The SMILES string of the molecule is C[Si](C)(C)C#CC(CCCCCCCCCC(C#C[Si](C)(C)C)=C(Br)Br)=C(Br)Br. The number of rotatable bonds is 10. The molecule has 0 saturated heterocycles. The molecule has 0 atom stereocenters. The first-order chi connectivity index (χ1) is 13.3. The largest absolute Gasteiger partial charge is 0.129 e. The van der Waals surface area contributed by atoms with Crippen molar-refractivity contribution in [1.82, 2.24) is 0 Å². The molecule has 0 aromatic heterocycles. The summed E-state index contributed by atoms with van der Waals surface area (Å²) in [6.45, 7) is 13.7. The smallest absolute Gasteiger partial charge is 0.127 e. The minimum Gasteiger partial charge on any atom is -0.127 e. The van der Waals surface area contributed by atoms with Crippen LogP contribution in [0.4, 0.5) is 0 Å². The van der Waals surface area contributed by atoms with Crippen LogP contribution in [0.5, 0.6) is 0 Å². The quantitative estimate of drug-likeness (QED) is 0.122. The zero-order valence-corrected chi connectivity index (χ0v) is 27.2. The summed E-state index contributed by atoms with van der Waals surface area (Å²) < 4.78 is 2.05. The van der Waals surface area contributed by atoms with Gasteiger partial charge in [0.05, 0.1) is 6.78 Å². The normalized spacial score (nSPS) is 11.1. The Morgan fingerprint density at radius 2 is 0.793 bits per heavy atom. The van der Waals surface area contributed by atoms with Crippen molar-refractivity contribution in [2.75, 3.05) is 0 Å². The molecular formula is C23H36Br4Si2. The molecule has 0 rings (SSSR count). The lowest BCUT2D eigenvalue weighted by Crippen LogP contribution is -2.16. The van der Waals surface area contributed by atoms with E-state index in [2.05, 4.69) is 126 Å². The molecule has 6 heteroatoms. The third-order valence-corrected chi connectivity index (χ3v) is 7.65. The van der Waals surface area contributed by atoms with Gasteiger partial charge >= 0.3 is 0 Å². The van der Waals surface area contributed by atoms with Crippen LogP contribution >= 0.6 is 63.7 Å². The van der Waals surface area contributed by atoms with Crippen molar-refractivity contribution in [1.29, 1.82) is 0 Å². The van der Waals surface area contributed by atoms with E-state index in [4.69, 9.17) is 0 Å². The molecule has 0 heterocycles. The summed E-state index contributed by atoms with van der Waals surface area (Å²) >= 11 is 14.2. The van der Waals surface area contributed by atoms with Crippen molar-refractivity contribution < 1.29 is 0 Å². The first kappa shape index (κ1) is 30.0. The Labute approximate surface area is 216 Å². The molecule has 164 valence electrons. The van der Waals surface area contributed by atoms with Crippen LogP contribution < -0.4 is 0 Å². The molecule has 0 aliphatic rings. The summed E-state index contributed by atoms with van der Waals surface area (Å²) in [4.78, 5) is 0. The van der Waals surface area contributed by atoms with Crippen molar-refractivity contribution in [2.45, 2.75) is 97.1 Å². The highest BCUT2D eigenvalue weighted by Crippen LogP contribution is 2.25. The van der Waals surface area contributed by atoms with Gasteiger partial charge in [0.25, 0.3) is 0 Å². The summed E-state index contributed by atoms with van der Waals surface area (Å²) in [6.07, 6.45) is 11.1. The van der Waals surface area contributed by atoms with Gasteiger partial charge in [-0.1, -0.05) is 83.2 Å². The minimum absolute atomic E-state index is 1.02. The first-order valence-corrected chi connectivity index (χ1v) is 20.6. The summed E-state index contributed by atoms with van der Waals surface area (Å²) in [5.74, 6) is 6.79. The van der Waals surface area contributed by atoms with Crippen molar-refractivity contribution in [2.24, 2.45) is 0 Å². The molecule has 0 N–H and O–H groups in total. The maximum Gasteiger partial charge on any atom is 0.129 e. The Bertz CT molecular complexity index is 619. The van der Waals surface area contributed by atoms with E-state index in [9.17, 15) is 0 Å². The molecule has 0 unspecified atom stereocenters. The maximum atomic E-state index is 3.55. The first-order valence-electron chi connectivity index (χ1n) is 10.5. The molecule has 0 nitrogen and oxygen atoms in total. The fourth-order valence-electron chi connectivity index (χ4n) is 2.42. The Hall–Kier alpha value is 0.954. The molecule has 0 spiro atoms. The Morgan fingerprint density at radius 3 is 1.03 bits per heavy atom. The second-order valence-corrected chi connectivity index (χ2v) is 24.3. The molecule has 0 aromatic carbocycles. The second-order valence-electron chi connectivity index (χ2n) is 9.45. The zero-order valence-electron chi connectivity index (χ0n) is 18.9. The van der Waals surface area contributed by atoms with E-state index in [1.54, 1.807) is 0 Å². The standard InChI is InChI=1S/C23H36Br4Si2/c1-28(2,3)18-16-20(22(24)25)14-12-10-8-7-9-11-13-15-21(23(26)27)17-19-29(4,5)6/h7-15H2,1-6H3. The van der Waals surface area contributed by atoms with Gasteiger partial charge in [0, 0.05) is 11.1 Å². The van der Waals surface area contributed by atoms with Gasteiger partial charge in [-0.15, -0.1) is 11.1 Å². The van der Waals surface area contributed by atoms with Crippen LogP contribution in [0, 0.1) is 22.9 Å².